The van der Waals surface area contributed by atoms with E-state index in [2.05, 4.69) is 17.6 Å². The average Bonchev–Trinajstić information content (AvgIpc) is 2.29. The van der Waals surface area contributed by atoms with Crippen LogP contribution in [-0.4, -0.2) is 27.3 Å². The molecule has 0 heterocycles. The van der Waals surface area contributed by atoms with Crippen molar-refractivity contribution in [3.05, 3.63) is 29.3 Å². The van der Waals surface area contributed by atoms with E-state index < -0.39 is 0 Å². The van der Waals surface area contributed by atoms with Gasteiger partial charge in [-0.25, -0.2) is 0 Å². The minimum Gasteiger partial charge on any atom is -0.325 e. The Labute approximate surface area is 98.0 Å². The zero-order valence-corrected chi connectivity index (χ0v) is 9.84. The molecule has 0 aliphatic rings. The Morgan fingerprint density at radius 2 is 2.12 bits per heavy atom. The molecule has 1 rings (SSSR count). The van der Waals surface area contributed by atoms with Crippen LogP contribution >= 0.6 is 0 Å². The second kappa shape index (κ2) is 6.33. The predicted molar refractivity (Wildman–Crippen MR) is 67.8 cm³/mol. The SMILES string of the molecule is [B]Cc1ccc(NC(=O)CNC)cc1CC. The Hall–Kier alpha value is -1.29. The third-order valence-electron chi connectivity index (χ3n) is 2.43. The maximum Gasteiger partial charge on any atom is 0.238 e. The number of aryl methyl sites for hydroxylation is 1. The van der Waals surface area contributed by atoms with E-state index >= 15 is 0 Å². The van der Waals surface area contributed by atoms with Crippen molar-refractivity contribution in [2.75, 3.05) is 18.9 Å². The van der Waals surface area contributed by atoms with Crippen LogP contribution in [0.1, 0.15) is 18.1 Å². The first-order valence-corrected chi connectivity index (χ1v) is 5.47. The van der Waals surface area contributed by atoms with Crippen molar-refractivity contribution >= 4 is 19.4 Å². The van der Waals surface area contributed by atoms with Crippen molar-refractivity contribution in [2.45, 2.75) is 19.7 Å². The highest BCUT2D eigenvalue weighted by Crippen LogP contribution is 2.16. The molecule has 0 spiro atoms. The first-order valence-electron chi connectivity index (χ1n) is 5.47. The maximum absolute atomic E-state index is 11.4. The fourth-order valence-electron chi connectivity index (χ4n) is 1.60. The van der Waals surface area contributed by atoms with Crippen molar-refractivity contribution in [2.24, 2.45) is 0 Å². The zero-order chi connectivity index (χ0) is 12.0. The van der Waals surface area contributed by atoms with Crippen molar-refractivity contribution < 1.29 is 4.79 Å². The topological polar surface area (TPSA) is 41.1 Å². The van der Waals surface area contributed by atoms with Crippen LogP contribution in [0.15, 0.2) is 18.2 Å². The molecule has 0 fully saturated rings. The number of carbonyl (C=O) groups excluding carboxylic acids is 1. The number of likely N-dealkylation sites (N-methyl/N-ethyl adjacent to an activating group) is 1. The van der Waals surface area contributed by atoms with E-state index in [4.69, 9.17) is 7.85 Å². The van der Waals surface area contributed by atoms with Crippen molar-refractivity contribution in [1.82, 2.24) is 5.32 Å². The number of carbonyl (C=O) groups is 1. The summed E-state index contributed by atoms with van der Waals surface area (Å²) < 4.78 is 0. The summed E-state index contributed by atoms with van der Waals surface area (Å²) in [6.45, 7) is 2.40. The monoisotopic (exact) mass is 216 g/mol. The highest BCUT2D eigenvalue weighted by molar-refractivity contribution is 6.08. The molecule has 0 aliphatic carbocycles. The van der Waals surface area contributed by atoms with E-state index in [0.717, 1.165) is 17.7 Å². The van der Waals surface area contributed by atoms with Crippen LogP contribution in [0.2, 0.25) is 0 Å². The minimum absolute atomic E-state index is 0.0370. The van der Waals surface area contributed by atoms with Crippen molar-refractivity contribution in [3.63, 3.8) is 0 Å². The number of amides is 1. The van der Waals surface area contributed by atoms with Crippen molar-refractivity contribution in [3.8, 4) is 0 Å². The molecule has 84 valence electrons. The van der Waals surface area contributed by atoms with E-state index in [0.29, 0.717) is 12.9 Å². The summed E-state index contributed by atoms with van der Waals surface area (Å²) in [4.78, 5) is 11.4. The molecule has 3 nitrogen and oxygen atoms in total. The van der Waals surface area contributed by atoms with Gasteiger partial charge >= 0.3 is 0 Å². The second-order valence-corrected chi connectivity index (χ2v) is 3.62. The molecule has 0 aromatic heterocycles. The lowest BCUT2D eigenvalue weighted by atomic mass is 9.91. The largest absolute Gasteiger partial charge is 0.325 e. The normalized spacial score (nSPS) is 10.1. The molecule has 4 heteroatoms. The molecule has 0 aliphatic heterocycles. The van der Waals surface area contributed by atoms with Gasteiger partial charge in [-0.3, -0.25) is 4.79 Å². The molecule has 0 saturated heterocycles. The molecule has 2 N–H and O–H groups in total. The van der Waals surface area contributed by atoms with Gasteiger partial charge in [0.1, 0.15) is 0 Å². The van der Waals surface area contributed by atoms with Crippen LogP contribution in [-0.2, 0) is 17.5 Å². The summed E-state index contributed by atoms with van der Waals surface area (Å²) in [5.74, 6) is -0.0370. The van der Waals surface area contributed by atoms with E-state index in [9.17, 15) is 4.79 Å². The maximum atomic E-state index is 11.4. The molecule has 2 radical (unpaired) electrons. The average molecular weight is 216 g/mol. The molecule has 0 atom stereocenters. The van der Waals surface area contributed by atoms with Crippen LogP contribution in [0.25, 0.3) is 0 Å². The van der Waals surface area contributed by atoms with E-state index in [1.165, 1.54) is 5.56 Å². The van der Waals surface area contributed by atoms with Crippen LogP contribution in [0.3, 0.4) is 0 Å². The Balaban J connectivity index is 2.78. The number of rotatable bonds is 5. The van der Waals surface area contributed by atoms with Crippen LogP contribution < -0.4 is 10.6 Å². The van der Waals surface area contributed by atoms with Gasteiger partial charge in [0.15, 0.2) is 0 Å². The Morgan fingerprint density at radius 1 is 1.38 bits per heavy atom. The summed E-state index contributed by atoms with van der Waals surface area (Å²) >= 11 is 0. The van der Waals surface area contributed by atoms with Gasteiger partial charge in [0.25, 0.3) is 0 Å². The number of hydrogen-bond acceptors (Lipinski definition) is 2. The number of nitrogens with one attached hydrogen (secondary N) is 2. The number of anilines is 1. The molecule has 0 bridgehead atoms. The second-order valence-electron chi connectivity index (χ2n) is 3.62. The molecular weight excluding hydrogens is 199 g/mol. The van der Waals surface area contributed by atoms with Crippen molar-refractivity contribution in [1.29, 1.82) is 0 Å². The smallest absolute Gasteiger partial charge is 0.238 e. The third kappa shape index (κ3) is 3.38. The first-order chi connectivity index (χ1) is 7.71. The Morgan fingerprint density at radius 3 is 2.69 bits per heavy atom. The first kappa shape index (κ1) is 12.8. The summed E-state index contributed by atoms with van der Waals surface area (Å²) in [6, 6.07) is 5.83. The highest BCUT2D eigenvalue weighted by atomic mass is 16.1. The molecule has 0 saturated carbocycles. The number of benzene rings is 1. The van der Waals surface area contributed by atoms with Gasteiger partial charge < -0.3 is 10.6 Å². The minimum atomic E-state index is -0.0370. The van der Waals surface area contributed by atoms with Gasteiger partial charge in [-0.1, -0.05) is 24.9 Å². The summed E-state index contributed by atoms with van der Waals surface area (Å²) in [5, 5.41) is 5.63. The lowest BCUT2D eigenvalue weighted by Gasteiger charge is -2.10. The lowest BCUT2D eigenvalue weighted by Crippen LogP contribution is -2.25. The molecule has 0 unspecified atom stereocenters. The molecular formula is C12H17BN2O. The van der Waals surface area contributed by atoms with Gasteiger partial charge in [0.2, 0.25) is 5.91 Å². The number of hydrogen-bond donors (Lipinski definition) is 2. The van der Waals surface area contributed by atoms with E-state index in [1.54, 1.807) is 7.05 Å². The van der Waals surface area contributed by atoms with Gasteiger partial charge in [-0.05, 0) is 31.2 Å². The van der Waals surface area contributed by atoms with Gasteiger partial charge in [-0.15, -0.1) is 0 Å². The molecule has 1 amide bonds. The fraction of sp³-hybridized carbons (Fsp3) is 0.417. The fourth-order valence-corrected chi connectivity index (χ4v) is 1.60. The Kier molecular flexibility index (Phi) is 5.06. The van der Waals surface area contributed by atoms with Gasteiger partial charge in [0, 0.05) is 5.69 Å². The van der Waals surface area contributed by atoms with E-state index in [1.807, 2.05) is 18.2 Å². The summed E-state index contributed by atoms with van der Waals surface area (Å²) in [5.41, 5.74) is 3.15. The van der Waals surface area contributed by atoms with E-state index in [-0.39, 0.29) is 5.91 Å². The molecule has 1 aromatic rings. The van der Waals surface area contributed by atoms with Crippen LogP contribution in [0.5, 0.6) is 0 Å². The third-order valence-corrected chi connectivity index (χ3v) is 2.43. The van der Waals surface area contributed by atoms with Gasteiger partial charge in [-0.2, -0.15) is 0 Å². The quantitative estimate of drug-likeness (QED) is 0.723. The van der Waals surface area contributed by atoms with Gasteiger partial charge in [0.05, 0.1) is 14.4 Å². The summed E-state index contributed by atoms with van der Waals surface area (Å²) in [7, 11) is 7.37. The summed E-state index contributed by atoms with van der Waals surface area (Å²) in [6.07, 6.45) is 1.45. The lowest BCUT2D eigenvalue weighted by molar-refractivity contribution is -0.115. The molecule has 16 heavy (non-hydrogen) atoms. The Bertz CT molecular complexity index is 366. The standard InChI is InChI=1S/C12H17BN2O/c1-3-9-6-11(5-4-10(9)7-13)15-12(16)8-14-2/h4-6,14H,3,7-8H2,1-2H3,(H,15,16). The molecule has 1 aromatic carbocycles. The van der Waals surface area contributed by atoms with Crippen LogP contribution in [0, 0.1) is 0 Å². The highest BCUT2D eigenvalue weighted by Gasteiger charge is 2.03. The predicted octanol–water partition coefficient (Wildman–Crippen LogP) is 1.08. The zero-order valence-electron chi connectivity index (χ0n) is 9.84. The van der Waals surface area contributed by atoms with Crippen LogP contribution in [0.4, 0.5) is 5.69 Å².